The molecule has 1 saturated heterocycles. The van der Waals surface area contributed by atoms with Crippen LogP contribution in [-0.2, 0) is 9.53 Å². The molecule has 0 unspecified atom stereocenters. The Hall–Kier alpha value is -0.570. The molecule has 0 aromatic heterocycles. The van der Waals surface area contributed by atoms with Crippen LogP contribution in [0.5, 0.6) is 0 Å². The van der Waals surface area contributed by atoms with Crippen molar-refractivity contribution < 1.29 is 9.53 Å². The van der Waals surface area contributed by atoms with Gasteiger partial charge in [0, 0.05) is 13.0 Å². The minimum atomic E-state index is 0.222. The molecule has 3 nitrogen and oxygen atoms in total. The summed E-state index contributed by atoms with van der Waals surface area (Å²) in [6.07, 6.45) is 1.58. The minimum absolute atomic E-state index is 0.222. The Morgan fingerprint density at radius 3 is 3.00 bits per heavy atom. The first kappa shape index (κ1) is 7.54. The summed E-state index contributed by atoms with van der Waals surface area (Å²) in [5.41, 5.74) is 0. The van der Waals surface area contributed by atoms with Crippen LogP contribution in [0.15, 0.2) is 0 Å². The number of rotatable bonds is 2. The van der Waals surface area contributed by atoms with E-state index in [1.807, 2.05) is 6.92 Å². The summed E-state index contributed by atoms with van der Waals surface area (Å²) in [5.74, 6) is 0.222. The van der Waals surface area contributed by atoms with Gasteiger partial charge in [-0.05, 0) is 6.42 Å². The maximum absolute atomic E-state index is 11.1. The zero-order valence-corrected chi connectivity index (χ0v) is 6.30. The second kappa shape index (κ2) is 3.56. The molecule has 0 aliphatic carbocycles. The topological polar surface area (TPSA) is 29.5 Å². The Morgan fingerprint density at radius 2 is 2.50 bits per heavy atom. The van der Waals surface area contributed by atoms with E-state index in [1.54, 1.807) is 4.90 Å². The van der Waals surface area contributed by atoms with Crippen LogP contribution in [0.3, 0.4) is 0 Å². The Kier molecular flexibility index (Phi) is 2.68. The molecule has 0 radical (unpaired) electrons. The summed E-state index contributed by atoms with van der Waals surface area (Å²) in [4.78, 5) is 12.8. The molecule has 0 N–H and O–H groups in total. The van der Waals surface area contributed by atoms with Crippen molar-refractivity contribution in [1.29, 1.82) is 0 Å². The third-order valence-electron chi connectivity index (χ3n) is 1.57. The van der Waals surface area contributed by atoms with Crippen molar-refractivity contribution in [2.24, 2.45) is 0 Å². The van der Waals surface area contributed by atoms with Crippen LogP contribution in [-0.4, -0.2) is 30.7 Å². The average Bonchev–Trinajstić information content (AvgIpc) is 2.38. The molecule has 0 aromatic carbocycles. The van der Waals surface area contributed by atoms with Crippen molar-refractivity contribution in [2.45, 2.75) is 19.8 Å². The standard InChI is InChI=1S/C7H13NO2/c1-2-3-7(9)8-4-5-10-6-8/h2-6H2,1H3. The second-order valence-electron chi connectivity index (χ2n) is 2.44. The van der Waals surface area contributed by atoms with Crippen molar-refractivity contribution in [2.75, 3.05) is 19.9 Å². The summed E-state index contributed by atoms with van der Waals surface area (Å²) in [7, 11) is 0. The fraction of sp³-hybridized carbons (Fsp3) is 0.857. The Bertz CT molecular complexity index is 119. The number of nitrogens with zero attached hydrogens (tertiary/aromatic N) is 1. The van der Waals surface area contributed by atoms with Gasteiger partial charge in [-0.1, -0.05) is 6.92 Å². The molecule has 0 aromatic rings. The first-order valence-corrected chi connectivity index (χ1v) is 3.70. The van der Waals surface area contributed by atoms with Crippen molar-refractivity contribution in [1.82, 2.24) is 4.90 Å². The Balaban J connectivity index is 2.25. The number of ether oxygens (including phenoxy) is 1. The maximum Gasteiger partial charge on any atom is 0.224 e. The molecule has 1 heterocycles. The lowest BCUT2D eigenvalue weighted by Crippen LogP contribution is -2.27. The predicted octanol–water partition coefficient (Wildman–Crippen LogP) is 0.603. The predicted molar refractivity (Wildman–Crippen MR) is 37.4 cm³/mol. The molecule has 1 amide bonds. The maximum atomic E-state index is 11.1. The van der Waals surface area contributed by atoms with Crippen LogP contribution in [0.4, 0.5) is 0 Å². The molecule has 10 heavy (non-hydrogen) atoms. The van der Waals surface area contributed by atoms with Gasteiger partial charge < -0.3 is 9.64 Å². The lowest BCUT2D eigenvalue weighted by atomic mass is 10.3. The smallest absolute Gasteiger partial charge is 0.224 e. The molecule has 0 bridgehead atoms. The van der Waals surface area contributed by atoms with E-state index < -0.39 is 0 Å². The van der Waals surface area contributed by atoms with Gasteiger partial charge >= 0.3 is 0 Å². The second-order valence-corrected chi connectivity index (χ2v) is 2.44. The molecule has 0 spiro atoms. The Morgan fingerprint density at radius 1 is 1.70 bits per heavy atom. The van der Waals surface area contributed by atoms with Gasteiger partial charge in [-0.2, -0.15) is 0 Å². The van der Waals surface area contributed by atoms with E-state index in [4.69, 9.17) is 4.74 Å². The summed E-state index contributed by atoms with van der Waals surface area (Å²) >= 11 is 0. The quantitative estimate of drug-likeness (QED) is 0.566. The highest BCUT2D eigenvalue weighted by Crippen LogP contribution is 2.02. The fourth-order valence-corrected chi connectivity index (χ4v) is 0.983. The first-order valence-electron chi connectivity index (χ1n) is 3.70. The van der Waals surface area contributed by atoms with Crippen LogP contribution < -0.4 is 0 Å². The van der Waals surface area contributed by atoms with Gasteiger partial charge in [0.25, 0.3) is 0 Å². The van der Waals surface area contributed by atoms with E-state index in [2.05, 4.69) is 0 Å². The zero-order chi connectivity index (χ0) is 7.40. The molecule has 1 rings (SSSR count). The van der Waals surface area contributed by atoms with Gasteiger partial charge in [0.05, 0.1) is 6.61 Å². The minimum Gasteiger partial charge on any atom is -0.359 e. The SMILES string of the molecule is CCCC(=O)N1CCOC1. The van der Waals surface area contributed by atoms with Crippen LogP contribution in [0, 0.1) is 0 Å². The number of hydrogen-bond acceptors (Lipinski definition) is 2. The van der Waals surface area contributed by atoms with E-state index in [0.29, 0.717) is 19.8 Å². The van der Waals surface area contributed by atoms with Gasteiger partial charge in [-0.15, -0.1) is 0 Å². The number of carbonyl (C=O) groups is 1. The van der Waals surface area contributed by atoms with Gasteiger partial charge in [0.15, 0.2) is 0 Å². The van der Waals surface area contributed by atoms with Crippen molar-refractivity contribution in [3.63, 3.8) is 0 Å². The molecule has 3 heteroatoms. The molecule has 1 fully saturated rings. The molecular formula is C7H13NO2. The molecular weight excluding hydrogens is 130 g/mol. The highest BCUT2D eigenvalue weighted by Gasteiger charge is 2.16. The largest absolute Gasteiger partial charge is 0.359 e. The monoisotopic (exact) mass is 143 g/mol. The van der Waals surface area contributed by atoms with Crippen LogP contribution in [0.25, 0.3) is 0 Å². The molecule has 0 saturated carbocycles. The summed E-state index contributed by atoms with van der Waals surface area (Å²) in [6.45, 7) is 3.99. The van der Waals surface area contributed by atoms with Crippen molar-refractivity contribution in [3.8, 4) is 0 Å². The van der Waals surface area contributed by atoms with E-state index in [9.17, 15) is 4.79 Å². The highest BCUT2D eigenvalue weighted by atomic mass is 16.5. The van der Waals surface area contributed by atoms with Gasteiger partial charge in [0.1, 0.15) is 6.73 Å². The fourth-order valence-electron chi connectivity index (χ4n) is 0.983. The molecule has 58 valence electrons. The molecule has 0 atom stereocenters. The summed E-state index contributed by atoms with van der Waals surface area (Å²) in [5, 5.41) is 0. The van der Waals surface area contributed by atoms with E-state index >= 15 is 0 Å². The highest BCUT2D eigenvalue weighted by molar-refractivity contribution is 5.76. The lowest BCUT2D eigenvalue weighted by Gasteiger charge is -2.11. The van der Waals surface area contributed by atoms with E-state index in [-0.39, 0.29) is 5.91 Å². The van der Waals surface area contributed by atoms with Gasteiger partial charge in [0.2, 0.25) is 5.91 Å². The molecule has 1 aliphatic heterocycles. The number of carbonyl (C=O) groups excluding carboxylic acids is 1. The van der Waals surface area contributed by atoms with Crippen LogP contribution in [0.2, 0.25) is 0 Å². The zero-order valence-electron chi connectivity index (χ0n) is 6.30. The van der Waals surface area contributed by atoms with E-state index in [1.165, 1.54) is 0 Å². The summed E-state index contributed by atoms with van der Waals surface area (Å²) in [6, 6.07) is 0. The summed E-state index contributed by atoms with van der Waals surface area (Å²) < 4.78 is 5.03. The van der Waals surface area contributed by atoms with Gasteiger partial charge in [-0.25, -0.2) is 0 Å². The van der Waals surface area contributed by atoms with Crippen molar-refractivity contribution in [3.05, 3.63) is 0 Å². The number of amides is 1. The van der Waals surface area contributed by atoms with Crippen molar-refractivity contribution >= 4 is 5.91 Å². The van der Waals surface area contributed by atoms with Gasteiger partial charge in [-0.3, -0.25) is 4.79 Å². The normalized spacial score (nSPS) is 17.9. The average molecular weight is 143 g/mol. The third-order valence-corrected chi connectivity index (χ3v) is 1.57. The number of hydrogen-bond donors (Lipinski definition) is 0. The molecule has 1 aliphatic rings. The lowest BCUT2D eigenvalue weighted by molar-refractivity contribution is -0.131. The third kappa shape index (κ3) is 1.70. The Labute approximate surface area is 61.0 Å². The van der Waals surface area contributed by atoms with Crippen LogP contribution >= 0.6 is 0 Å². The first-order chi connectivity index (χ1) is 4.84. The van der Waals surface area contributed by atoms with E-state index in [0.717, 1.165) is 13.0 Å². The van der Waals surface area contributed by atoms with Crippen LogP contribution in [0.1, 0.15) is 19.8 Å².